The lowest BCUT2D eigenvalue weighted by atomic mass is 10.2. The monoisotopic (exact) mass is 417 g/mol. The maximum atomic E-state index is 12.7. The van der Waals surface area contributed by atoms with Crippen molar-refractivity contribution in [1.82, 2.24) is 4.31 Å². The molecule has 3 heterocycles. The molecule has 0 radical (unpaired) electrons. The van der Waals surface area contributed by atoms with Crippen molar-refractivity contribution in [2.75, 3.05) is 42.7 Å². The molecule has 2 atom stereocenters. The Hall–Kier alpha value is -1.14. The first-order valence-corrected chi connectivity index (χ1v) is 12.3. The number of thioether (sulfide) groups is 1. The number of ether oxygens (including phenoxy) is 1. The van der Waals surface area contributed by atoms with Crippen LogP contribution in [-0.2, 0) is 24.6 Å². The van der Waals surface area contributed by atoms with E-state index in [0.717, 1.165) is 0 Å². The van der Waals surface area contributed by atoms with Gasteiger partial charge in [-0.2, -0.15) is 4.31 Å². The number of sulfone groups is 1. The van der Waals surface area contributed by atoms with Crippen LogP contribution in [-0.4, -0.2) is 75.4 Å². The van der Waals surface area contributed by atoms with Crippen LogP contribution in [0.25, 0.3) is 0 Å². The Morgan fingerprint density at radius 3 is 2.42 bits per heavy atom. The summed E-state index contributed by atoms with van der Waals surface area (Å²) in [5, 5.41) is 8.33. The second-order valence-electron chi connectivity index (χ2n) is 6.49. The normalized spacial score (nSPS) is 29.1. The zero-order valence-electron chi connectivity index (χ0n) is 13.9. The SMILES string of the molecule is N=C1S[C@H]2CS(=O)(=O)C[C@@H]2N1c1ccc(S(=O)(=O)N2CCOCC2)cc1. The maximum Gasteiger partial charge on any atom is 0.243 e. The minimum absolute atomic E-state index is 0.0286. The molecule has 0 amide bonds. The standard InChI is InChI=1S/C15H19N3O5S3/c16-15-18(13-9-25(19,20)10-14(13)24-15)11-1-3-12(4-2-11)26(21,22)17-5-7-23-8-6-17/h1-4,13-14,16H,5-10H2/t13-,14-/m0/s1. The minimum atomic E-state index is -3.57. The topological polar surface area (TPSA) is 108 Å². The van der Waals surface area contributed by atoms with Gasteiger partial charge in [0.1, 0.15) is 0 Å². The molecule has 3 saturated heterocycles. The molecule has 4 rings (SSSR count). The van der Waals surface area contributed by atoms with Gasteiger partial charge in [0.2, 0.25) is 10.0 Å². The fourth-order valence-corrected chi connectivity index (χ4v) is 8.73. The molecular formula is C15H19N3O5S3. The lowest BCUT2D eigenvalue weighted by molar-refractivity contribution is 0.0730. The predicted octanol–water partition coefficient (Wildman–Crippen LogP) is 0.361. The van der Waals surface area contributed by atoms with E-state index in [1.165, 1.54) is 28.2 Å². The number of amidine groups is 1. The van der Waals surface area contributed by atoms with Crippen LogP contribution in [0.4, 0.5) is 5.69 Å². The molecule has 11 heteroatoms. The highest BCUT2D eigenvalue weighted by Crippen LogP contribution is 2.40. The van der Waals surface area contributed by atoms with Gasteiger partial charge in [0.05, 0.1) is 35.7 Å². The molecule has 0 unspecified atom stereocenters. The second kappa shape index (κ2) is 6.48. The van der Waals surface area contributed by atoms with Gasteiger partial charge >= 0.3 is 0 Å². The highest BCUT2D eigenvalue weighted by molar-refractivity contribution is 8.15. The Morgan fingerprint density at radius 1 is 1.12 bits per heavy atom. The third kappa shape index (κ3) is 3.15. The average Bonchev–Trinajstić information content (AvgIpc) is 3.05. The van der Waals surface area contributed by atoms with Crippen molar-refractivity contribution in [3.05, 3.63) is 24.3 Å². The molecule has 1 N–H and O–H groups in total. The minimum Gasteiger partial charge on any atom is -0.379 e. The Bertz CT molecular complexity index is 924. The summed E-state index contributed by atoms with van der Waals surface area (Å²) in [5.74, 6) is 0.117. The van der Waals surface area contributed by atoms with Gasteiger partial charge in [-0.25, -0.2) is 16.8 Å². The van der Waals surface area contributed by atoms with E-state index in [1.54, 1.807) is 17.0 Å². The number of hydrogen-bond donors (Lipinski definition) is 1. The summed E-state index contributed by atoms with van der Waals surface area (Å²) >= 11 is 1.26. The largest absolute Gasteiger partial charge is 0.379 e. The van der Waals surface area contributed by atoms with Gasteiger partial charge in [0, 0.05) is 24.0 Å². The van der Waals surface area contributed by atoms with Crippen LogP contribution in [0.15, 0.2) is 29.2 Å². The molecule has 0 saturated carbocycles. The van der Waals surface area contributed by atoms with E-state index < -0.39 is 19.9 Å². The van der Waals surface area contributed by atoms with Crippen molar-refractivity contribution in [1.29, 1.82) is 5.41 Å². The molecule has 0 aromatic heterocycles. The van der Waals surface area contributed by atoms with Crippen molar-refractivity contribution in [3.8, 4) is 0 Å². The van der Waals surface area contributed by atoms with Crippen molar-refractivity contribution in [3.63, 3.8) is 0 Å². The number of hydrogen-bond acceptors (Lipinski definition) is 7. The van der Waals surface area contributed by atoms with Crippen molar-refractivity contribution in [2.45, 2.75) is 16.2 Å². The summed E-state index contributed by atoms with van der Waals surface area (Å²) in [5.41, 5.74) is 0.646. The molecule has 3 aliphatic rings. The summed E-state index contributed by atoms with van der Waals surface area (Å²) < 4.78 is 55.7. The molecule has 3 aliphatic heterocycles. The quantitative estimate of drug-likeness (QED) is 0.756. The van der Waals surface area contributed by atoms with Gasteiger partial charge in [-0.15, -0.1) is 0 Å². The van der Waals surface area contributed by atoms with Crippen LogP contribution < -0.4 is 4.90 Å². The van der Waals surface area contributed by atoms with Gasteiger partial charge < -0.3 is 9.64 Å². The maximum absolute atomic E-state index is 12.7. The van der Waals surface area contributed by atoms with Gasteiger partial charge in [-0.05, 0) is 24.3 Å². The van der Waals surface area contributed by atoms with Crippen LogP contribution in [0.1, 0.15) is 0 Å². The number of sulfonamides is 1. The number of anilines is 1. The summed E-state index contributed by atoms with van der Waals surface area (Å²) in [6, 6.07) is 6.08. The first-order valence-electron chi connectivity index (χ1n) is 8.21. The summed E-state index contributed by atoms with van der Waals surface area (Å²) in [4.78, 5) is 1.89. The van der Waals surface area contributed by atoms with Gasteiger partial charge in [-0.1, -0.05) is 11.8 Å². The Morgan fingerprint density at radius 2 is 1.77 bits per heavy atom. The third-order valence-corrected chi connectivity index (χ3v) is 9.85. The van der Waals surface area contributed by atoms with Gasteiger partial charge in [-0.3, -0.25) is 5.41 Å². The molecule has 26 heavy (non-hydrogen) atoms. The predicted molar refractivity (Wildman–Crippen MR) is 100 cm³/mol. The fraction of sp³-hybridized carbons (Fsp3) is 0.533. The molecule has 1 aromatic rings. The molecular weight excluding hydrogens is 398 g/mol. The summed E-state index contributed by atoms with van der Waals surface area (Å²) in [6.07, 6.45) is 0. The number of benzene rings is 1. The van der Waals surface area contributed by atoms with E-state index in [0.29, 0.717) is 37.2 Å². The van der Waals surface area contributed by atoms with Gasteiger partial charge in [0.15, 0.2) is 15.0 Å². The summed E-state index contributed by atoms with van der Waals surface area (Å²) in [6.45, 7) is 1.44. The highest BCUT2D eigenvalue weighted by Gasteiger charge is 2.48. The van der Waals surface area contributed by atoms with E-state index in [2.05, 4.69) is 0 Å². The number of morpholine rings is 1. The first-order chi connectivity index (χ1) is 12.3. The van der Waals surface area contributed by atoms with Crippen molar-refractivity contribution in [2.24, 2.45) is 0 Å². The van der Waals surface area contributed by atoms with Crippen molar-refractivity contribution >= 4 is 42.5 Å². The Kier molecular flexibility index (Phi) is 4.55. The van der Waals surface area contributed by atoms with E-state index in [1.807, 2.05) is 0 Å². The smallest absolute Gasteiger partial charge is 0.243 e. The molecule has 0 spiro atoms. The highest BCUT2D eigenvalue weighted by atomic mass is 32.2. The number of rotatable bonds is 3. The average molecular weight is 418 g/mol. The molecule has 0 aliphatic carbocycles. The molecule has 1 aromatic carbocycles. The van der Waals surface area contributed by atoms with Crippen LogP contribution in [0.5, 0.6) is 0 Å². The zero-order valence-corrected chi connectivity index (χ0v) is 16.3. The molecule has 142 valence electrons. The second-order valence-corrected chi connectivity index (χ2v) is 11.8. The Balaban J connectivity index is 1.59. The molecule has 3 fully saturated rings. The molecule has 8 nitrogen and oxygen atoms in total. The zero-order chi connectivity index (χ0) is 18.5. The third-order valence-electron chi connectivity index (χ3n) is 4.81. The van der Waals surface area contributed by atoms with Crippen LogP contribution in [0.3, 0.4) is 0 Å². The van der Waals surface area contributed by atoms with E-state index in [-0.39, 0.29) is 27.7 Å². The lowest BCUT2D eigenvalue weighted by Crippen LogP contribution is -2.40. The van der Waals surface area contributed by atoms with E-state index in [9.17, 15) is 16.8 Å². The van der Waals surface area contributed by atoms with Crippen molar-refractivity contribution < 1.29 is 21.6 Å². The van der Waals surface area contributed by atoms with Crippen LogP contribution in [0.2, 0.25) is 0 Å². The first kappa shape index (κ1) is 18.2. The summed E-state index contributed by atoms with van der Waals surface area (Å²) in [7, 11) is -6.66. The lowest BCUT2D eigenvalue weighted by Gasteiger charge is -2.27. The van der Waals surface area contributed by atoms with E-state index in [4.69, 9.17) is 10.1 Å². The molecule has 0 bridgehead atoms. The number of fused-ring (bicyclic) bond motifs is 1. The van der Waals surface area contributed by atoms with Crippen LogP contribution in [0, 0.1) is 5.41 Å². The number of nitrogens with one attached hydrogen (secondary N) is 1. The Labute approximate surface area is 157 Å². The van der Waals surface area contributed by atoms with Gasteiger partial charge in [0.25, 0.3) is 0 Å². The fourth-order valence-electron chi connectivity index (χ4n) is 3.52. The van der Waals surface area contributed by atoms with E-state index >= 15 is 0 Å². The van der Waals surface area contributed by atoms with Crippen LogP contribution >= 0.6 is 11.8 Å². The number of nitrogens with zero attached hydrogens (tertiary/aromatic N) is 2.